The normalized spacial score (nSPS) is 11.6. The number of rotatable bonds is 10. The zero-order valence-corrected chi connectivity index (χ0v) is 20.8. The highest BCUT2D eigenvalue weighted by Gasteiger charge is 2.20. The molecule has 3 aromatic rings. The molecule has 172 valence electrons. The second-order valence-corrected chi connectivity index (χ2v) is 12.0. The molecule has 0 bridgehead atoms. The molecule has 0 atom stereocenters. The van der Waals surface area contributed by atoms with Crippen molar-refractivity contribution in [3.63, 3.8) is 0 Å². The number of carbonyl (C=O) groups is 1. The molecule has 0 saturated carbocycles. The van der Waals surface area contributed by atoms with Crippen LogP contribution in [-0.2, 0) is 15.5 Å². The smallest absolute Gasteiger partial charge is 0.248 e. The van der Waals surface area contributed by atoms with E-state index in [1.165, 1.54) is 5.56 Å². The van der Waals surface area contributed by atoms with Gasteiger partial charge in [-0.15, -0.1) is 0 Å². The summed E-state index contributed by atoms with van der Waals surface area (Å²) in [7, 11) is -2.16. The number of aryl methyl sites for hydroxylation is 1. The summed E-state index contributed by atoms with van der Waals surface area (Å²) in [4.78, 5) is 12.4. The first kappa shape index (κ1) is 24.7. The summed E-state index contributed by atoms with van der Waals surface area (Å²) >= 11 is 0. The number of amides is 1. The van der Waals surface area contributed by atoms with Gasteiger partial charge in [0.05, 0.1) is 7.14 Å². The van der Waals surface area contributed by atoms with Crippen molar-refractivity contribution in [2.24, 2.45) is 0 Å². The van der Waals surface area contributed by atoms with Crippen molar-refractivity contribution in [2.75, 3.05) is 17.6 Å². The van der Waals surface area contributed by atoms with Crippen LogP contribution in [0.5, 0.6) is 0 Å². The minimum absolute atomic E-state index is 0.175. The maximum Gasteiger partial charge on any atom is 0.248 e. The molecular formula is C29H34NO2P. The van der Waals surface area contributed by atoms with E-state index in [4.69, 9.17) is 0 Å². The topological polar surface area (TPSA) is 46.2 Å². The highest BCUT2D eigenvalue weighted by atomic mass is 31.2. The SMILES string of the molecule is CCCP(=O)(CCC)Cc1ccc(NC(=O)/C=C/c2cccc(-c3ccc(C)cc3)c2)cc1. The van der Waals surface area contributed by atoms with Gasteiger partial charge in [0.25, 0.3) is 0 Å². The fourth-order valence-corrected chi connectivity index (χ4v) is 7.08. The van der Waals surface area contributed by atoms with Gasteiger partial charge in [-0.1, -0.05) is 74.0 Å². The van der Waals surface area contributed by atoms with Crippen molar-refractivity contribution in [3.8, 4) is 11.1 Å². The third kappa shape index (κ3) is 7.58. The molecule has 4 heteroatoms. The monoisotopic (exact) mass is 459 g/mol. The minimum atomic E-state index is -2.16. The third-order valence-electron chi connectivity index (χ3n) is 5.65. The molecule has 0 heterocycles. The van der Waals surface area contributed by atoms with Crippen LogP contribution >= 0.6 is 7.14 Å². The Labute approximate surface area is 198 Å². The lowest BCUT2D eigenvalue weighted by Crippen LogP contribution is -2.07. The predicted molar refractivity (Wildman–Crippen MR) is 142 cm³/mol. The molecule has 3 aromatic carbocycles. The molecule has 0 aromatic heterocycles. The highest BCUT2D eigenvalue weighted by Crippen LogP contribution is 2.50. The van der Waals surface area contributed by atoms with Crippen LogP contribution in [0.3, 0.4) is 0 Å². The van der Waals surface area contributed by atoms with Crippen molar-refractivity contribution < 1.29 is 9.36 Å². The van der Waals surface area contributed by atoms with Gasteiger partial charge in [0.2, 0.25) is 5.91 Å². The number of hydrogen-bond donors (Lipinski definition) is 1. The van der Waals surface area contributed by atoms with Gasteiger partial charge in [0.15, 0.2) is 0 Å². The van der Waals surface area contributed by atoms with E-state index >= 15 is 0 Å². The van der Waals surface area contributed by atoms with Crippen LogP contribution in [0.25, 0.3) is 17.2 Å². The fourth-order valence-electron chi connectivity index (χ4n) is 4.03. The Morgan fingerprint density at radius 2 is 1.55 bits per heavy atom. The van der Waals surface area contributed by atoms with Crippen LogP contribution in [0.1, 0.15) is 43.4 Å². The van der Waals surface area contributed by atoms with Crippen LogP contribution < -0.4 is 5.32 Å². The molecule has 0 saturated heterocycles. The van der Waals surface area contributed by atoms with Gasteiger partial charge in [0.1, 0.15) is 0 Å². The van der Waals surface area contributed by atoms with Crippen LogP contribution in [0.4, 0.5) is 5.69 Å². The molecule has 0 radical (unpaired) electrons. The maximum atomic E-state index is 13.1. The van der Waals surface area contributed by atoms with Crippen molar-refractivity contribution in [1.82, 2.24) is 0 Å². The number of anilines is 1. The molecule has 0 aliphatic rings. The van der Waals surface area contributed by atoms with Gasteiger partial charge in [-0.3, -0.25) is 4.79 Å². The third-order valence-corrected chi connectivity index (χ3v) is 9.12. The number of carbonyl (C=O) groups excluding carboxylic acids is 1. The average molecular weight is 460 g/mol. The van der Waals surface area contributed by atoms with Gasteiger partial charge in [0, 0.05) is 30.2 Å². The first-order valence-corrected chi connectivity index (χ1v) is 14.0. The summed E-state index contributed by atoms with van der Waals surface area (Å²) in [5, 5.41) is 2.91. The first-order chi connectivity index (χ1) is 15.9. The van der Waals surface area contributed by atoms with Gasteiger partial charge in [-0.05, 0) is 66.3 Å². The second kappa shape index (κ2) is 11.8. The summed E-state index contributed by atoms with van der Waals surface area (Å²) in [6.07, 6.45) is 7.52. The lowest BCUT2D eigenvalue weighted by molar-refractivity contribution is -0.111. The fraction of sp³-hybridized carbons (Fsp3) is 0.276. The highest BCUT2D eigenvalue weighted by molar-refractivity contribution is 7.63. The van der Waals surface area contributed by atoms with E-state index < -0.39 is 7.14 Å². The molecule has 3 nitrogen and oxygen atoms in total. The Hall–Kier alpha value is -2.90. The quantitative estimate of drug-likeness (QED) is 0.247. The Balaban J connectivity index is 1.61. The van der Waals surface area contributed by atoms with E-state index in [0.29, 0.717) is 6.16 Å². The Bertz CT molecular complexity index is 1120. The predicted octanol–water partition coefficient (Wildman–Crippen LogP) is 8.00. The Morgan fingerprint density at radius 1 is 0.879 bits per heavy atom. The minimum Gasteiger partial charge on any atom is -0.323 e. The molecule has 0 spiro atoms. The molecule has 33 heavy (non-hydrogen) atoms. The Morgan fingerprint density at radius 3 is 2.18 bits per heavy atom. The van der Waals surface area contributed by atoms with Crippen molar-refractivity contribution >= 4 is 24.8 Å². The van der Waals surface area contributed by atoms with E-state index in [2.05, 4.69) is 62.5 Å². The van der Waals surface area contributed by atoms with E-state index in [1.807, 2.05) is 42.5 Å². The van der Waals surface area contributed by atoms with Crippen LogP contribution in [0.15, 0.2) is 78.9 Å². The van der Waals surface area contributed by atoms with E-state index in [1.54, 1.807) is 6.08 Å². The molecule has 0 unspecified atom stereocenters. The average Bonchev–Trinajstić information content (AvgIpc) is 2.80. The number of nitrogens with one attached hydrogen (secondary N) is 1. The second-order valence-electron chi connectivity index (χ2n) is 8.67. The molecule has 0 aliphatic heterocycles. The lowest BCUT2D eigenvalue weighted by atomic mass is 10.0. The first-order valence-electron chi connectivity index (χ1n) is 11.7. The summed E-state index contributed by atoms with van der Waals surface area (Å²) in [6.45, 7) is 6.26. The van der Waals surface area contributed by atoms with Gasteiger partial charge in [-0.2, -0.15) is 0 Å². The number of benzene rings is 3. The van der Waals surface area contributed by atoms with E-state index in [0.717, 1.165) is 53.1 Å². The van der Waals surface area contributed by atoms with Crippen LogP contribution in [-0.4, -0.2) is 18.2 Å². The maximum absolute atomic E-state index is 13.1. The van der Waals surface area contributed by atoms with Crippen LogP contribution in [0.2, 0.25) is 0 Å². The summed E-state index contributed by atoms with van der Waals surface area (Å²) in [5.74, 6) is -0.175. The van der Waals surface area contributed by atoms with Crippen molar-refractivity contribution in [1.29, 1.82) is 0 Å². The van der Waals surface area contributed by atoms with E-state index in [9.17, 15) is 9.36 Å². The molecule has 1 N–H and O–H groups in total. The van der Waals surface area contributed by atoms with Gasteiger partial charge < -0.3 is 9.88 Å². The van der Waals surface area contributed by atoms with E-state index in [-0.39, 0.29) is 5.91 Å². The zero-order chi connectivity index (χ0) is 23.7. The Kier molecular flexibility index (Phi) is 8.86. The molecule has 3 rings (SSSR count). The van der Waals surface area contributed by atoms with Gasteiger partial charge >= 0.3 is 0 Å². The van der Waals surface area contributed by atoms with Crippen molar-refractivity contribution in [2.45, 2.75) is 39.8 Å². The van der Waals surface area contributed by atoms with Crippen molar-refractivity contribution in [3.05, 3.63) is 95.6 Å². The molecule has 1 amide bonds. The van der Waals surface area contributed by atoms with Gasteiger partial charge in [-0.25, -0.2) is 0 Å². The summed E-state index contributed by atoms with van der Waals surface area (Å²) < 4.78 is 13.1. The standard InChI is InChI=1S/C29H34NO2P/c1-4-19-33(32,20-5-2)22-25-11-16-28(17-12-25)30-29(31)18-13-24-7-6-8-27(21-24)26-14-9-23(3)10-15-26/h6-18,21H,4-5,19-20,22H2,1-3H3,(H,30,31)/b18-13+. The summed E-state index contributed by atoms with van der Waals surface area (Å²) in [6, 6.07) is 24.3. The largest absolute Gasteiger partial charge is 0.323 e. The summed E-state index contributed by atoms with van der Waals surface area (Å²) in [5.41, 5.74) is 6.29. The lowest BCUT2D eigenvalue weighted by Gasteiger charge is -2.17. The number of hydrogen-bond acceptors (Lipinski definition) is 2. The van der Waals surface area contributed by atoms with Crippen LogP contribution in [0, 0.1) is 6.92 Å². The molecule has 0 aliphatic carbocycles. The molecule has 0 fully saturated rings. The zero-order valence-electron chi connectivity index (χ0n) is 19.9. The molecular weight excluding hydrogens is 425 g/mol.